The summed E-state index contributed by atoms with van der Waals surface area (Å²) in [7, 11) is -3.05. The second-order valence-electron chi connectivity index (χ2n) is 6.51. The third-order valence-electron chi connectivity index (χ3n) is 4.85. The van der Waals surface area contributed by atoms with E-state index in [0.29, 0.717) is 17.7 Å². The molecule has 3 aliphatic heterocycles. The molecule has 4 rings (SSSR count). The van der Waals surface area contributed by atoms with Gasteiger partial charge in [-0.15, -0.1) is 0 Å². The maximum absolute atomic E-state index is 12.7. The molecule has 6 nitrogen and oxygen atoms in total. The Morgan fingerprint density at radius 1 is 1.29 bits per heavy atom. The summed E-state index contributed by atoms with van der Waals surface area (Å²) in [5.41, 5.74) is 3.59. The Morgan fingerprint density at radius 3 is 2.83 bits per heavy atom. The Hall–Kier alpha value is -2.15. The third kappa shape index (κ3) is 2.53. The summed E-state index contributed by atoms with van der Waals surface area (Å²) >= 11 is 0. The van der Waals surface area contributed by atoms with Crippen LogP contribution >= 0.6 is 0 Å². The predicted molar refractivity (Wildman–Crippen MR) is 92.6 cm³/mol. The zero-order valence-corrected chi connectivity index (χ0v) is 14.3. The summed E-state index contributed by atoms with van der Waals surface area (Å²) in [6, 6.07) is 7.82. The zero-order valence-electron chi connectivity index (χ0n) is 13.5. The fourth-order valence-corrected chi connectivity index (χ4v) is 5.25. The number of amides is 1. The van der Waals surface area contributed by atoms with Gasteiger partial charge in [0.05, 0.1) is 28.8 Å². The van der Waals surface area contributed by atoms with E-state index >= 15 is 0 Å². The van der Waals surface area contributed by atoms with Crippen LogP contribution in [0.15, 0.2) is 41.1 Å². The lowest BCUT2D eigenvalue weighted by atomic mass is 10.1. The molecular formula is C17H19N3O3S. The van der Waals surface area contributed by atoms with Gasteiger partial charge in [-0.2, -0.15) is 5.10 Å². The van der Waals surface area contributed by atoms with Crippen molar-refractivity contribution in [3.05, 3.63) is 41.6 Å². The highest BCUT2D eigenvalue weighted by Crippen LogP contribution is 2.30. The minimum Gasteiger partial charge on any atom is -0.347 e. The van der Waals surface area contributed by atoms with Gasteiger partial charge in [-0.05, 0) is 31.4 Å². The number of hydrazone groups is 1. The van der Waals surface area contributed by atoms with Gasteiger partial charge in [0.25, 0.3) is 5.91 Å². The van der Waals surface area contributed by atoms with Crippen LogP contribution in [0.4, 0.5) is 5.69 Å². The van der Waals surface area contributed by atoms with E-state index in [1.54, 1.807) is 6.92 Å². The van der Waals surface area contributed by atoms with E-state index in [0.717, 1.165) is 18.7 Å². The molecule has 1 saturated heterocycles. The minimum atomic E-state index is -3.05. The van der Waals surface area contributed by atoms with Crippen LogP contribution in [0, 0.1) is 0 Å². The molecule has 1 amide bonds. The predicted octanol–water partition coefficient (Wildman–Crippen LogP) is 1.34. The van der Waals surface area contributed by atoms with Gasteiger partial charge in [-0.1, -0.05) is 18.2 Å². The Morgan fingerprint density at radius 2 is 2.08 bits per heavy atom. The molecule has 0 spiro atoms. The van der Waals surface area contributed by atoms with Crippen LogP contribution < -0.4 is 4.90 Å². The van der Waals surface area contributed by atoms with Gasteiger partial charge < -0.3 is 4.90 Å². The van der Waals surface area contributed by atoms with Crippen LogP contribution in [0.25, 0.3) is 0 Å². The summed E-state index contributed by atoms with van der Waals surface area (Å²) in [5.74, 6) is -0.0526. The second kappa shape index (κ2) is 5.44. The van der Waals surface area contributed by atoms with Crippen LogP contribution in [0.5, 0.6) is 0 Å². The topological polar surface area (TPSA) is 70.0 Å². The molecule has 7 heteroatoms. The van der Waals surface area contributed by atoms with Gasteiger partial charge in [0.2, 0.25) is 0 Å². The van der Waals surface area contributed by atoms with Crippen LogP contribution in [0.2, 0.25) is 0 Å². The van der Waals surface area contributed by atoms with Gasteiger partial charge in [0.15, 0.2) is 9.84 Å². The maximum Gasteiger partial charge on any atom is 0.277 e. The highest BCUT2D eigenvalue weighted by atomic mass is 32.2. The van der Waals surface area contributed by atoms with Crippen molar-refractivity contribution >= 4 is 27.1 Å². The lowest BCUT2D eigenvalue weighted by Crippen LogP contribution is -2.34. The van der Waals surface area contributed by atoms with Crippen molar-refractivity contribution < 1.29 is 13.2 Å². The van der Waals surface area contributed by atoms with Crippen molar-refractivity contribution in [2.75, 3.05) is 23.0 Å². The highest BCUT2D eigenvalue weighted by molar-refractivity contribution is 7.91. The lowest BCUT2D eigenvalue weighted by Gasteiger charge is -2.19. The number of hydrogen-bond acceptors (Lipinski definition) is 5. The molecule has 0 radical (unpaired) electrons. The number of anilines is 1. The maximum atomic E-state index is 12.7. The van der Waals surface area contributed by atoms with E-state index in [1.807, 2.05) is 24.4 Å². The number of carbonyl (C=O) groups is 1. The van der Waals surface area contributed by atoms with Crippen LogP contribution in [-0.2, 0) is 21.1 Å². The monoisotopic (exact) mass is 345 g/mol. The summed E-state index contributed by atoms with van der Waals surface area (Å²) in [6.45, 7) is 2.64. The number of para-hydroxylation sites is 1. The molecule has 0 N–H and O–H groups in total. The molecule has 126 valence electrons. The van der Waals surface area contributed by atoms with Crippen molar-refractivity contribution in [3.8, 4) is 0 Å². The van der Waals surface area contributed by atoms with E-state index in [2.05, 4.69) is 16.1 Å². The van der Waals surface area contributed by atoms with E-state index in [1.165, 1.54) is 10.6 Å². The molecule has 24 heavy (non-hydrogen) atoms. The number of nitrogens with zero attached hydrogens (tertiary/aromatic N) is 3. The van der Waals surface area contributed by atoms with Gasteiger partial charge in [-0.3, -0.25) is 4.79 Å². The number of benzene rings is 1. The first-order chi connectivity index (χ1) is 11.4. The Bertz CT molecular complexity index is 873. The third-order valence-corrected chi connectivity index (χ3v) is 6.60. The summed E-state index contributed by atoms with van der Waals surface area (Å²) in [4.78, 5) is 14.8. The average molecular weight is 345 g/mol. The fourth-order valence-electron chi connectivity index (χ4n) is 3.56. The van der Waals surface area contributed by atoms with Gasteiger partial charge in [-0.25, -0.2) is 13.4 Å². The van der Waals surface area contributed by atoms with E-state index in [9.17, 15) is 13.2 Å². The molecule has 3 aliphatic rings. The van der Waals surface area contributed by atoms with Crippen LogP contribution in [-0.4, -0.2) is 49.1 Å². The van der Waals surface area contributed by atoms with Gasteiger partial charge in [0, 0.05) is 18.4 Å². The first-order valence-electron chi connectivity index (χ1n) is 8.10. The first-order valence-corrected chi connectivity index (χ1v) is 9.93. The Labute approximate surface area is 141 Å². The molecule has 0 saturated carbocycles. The molecule has 1 atom stereocenters. The number of rotatable bonds is 2. The number of carbonyl (C=O) groups excluding carboxylic acids is 1. The van der Waals surface area contributed by atoms with Crippen LogP contribution in [0.3, 0.4) is 0 Å². The number of fused-ring (bicyclic) bond motifs is 1. The molecule has 0 aliphatic carbocycles. The smallest absolute Gasteiger partial charge is 0.277 e. The summed E-state index contributed by atoms with van der Waals surface area (Å²) in [6.07, 6.45) is 3.27. The molecular weight excluding hydrogens is 326 g/mol. The van der Waals surface area contributed by atoms with Crippen LogP contribution in [0.1, 0.15) is 18.9 Å². The van der Waals surface area contributed by atoms with Gasteiger partial charge in [0.1, 0.15) is 0 Å². The van der Waals surface area contributed by atoms with E-state index in [4.69, 9.17) is 0 Å². The molecule has 0 bridgehead atoms. The normalized spacial score (nSPS) is 27.0. The number of sulfone groups is 1. The van der Waals surface area contributed by atoms with E-state index < -0.39 is 9.84 Å². The summed E-state index contributed by atoms with van der Waals surface area (Å²) < 4.78 is 23.3. The molecule has 3 heterocycles. The van der Waals surface area contributed by atoms with E-state index in [-0.39, 0.29) is 23.5 Å². The average Bonchev–Trinajstić information content (AvgIpc) is 3.19. The largest absolute Gasteiger partial charge is 0.347 e. The zero-order chi connectivity index (χ0) is 16.9. The van der Waals surface area contributed by atoms with Crippen molar-refractivity contribution in [2.45, 2.75) is 25.8 Å². The fraction of sp³-hybridized carbons (Fsp3) is 0.412. The molecule has 1 unspecified atom stereocenters. The lowest BCUT2D eigenvalue weighted by molar-refractivity contribution is -0.127. The molecule has 0 aromatic heterocycles. The highest BCUT2D eigenvalue weighted by Gasteiger charge is 2.39. The number of hydrogen-bond donors (Lipinski definition) is 0. The SMILES string of the molecule is CC1=NN(C2CCS(=O)(=O)C2)C(=O)C1=CN1CCc2ccccc21. The van der Waals surface area contributed by atoms with Crippen molar-refractivity contribution in [3.63, 3.8) is 0 Å². The molecule has 1 aromatic carbocycles. The van der Waals surface area contributed by atoms with Gasteiger partial charge >= 0.3 is 0 Å². The Balaban J connectivity index is 1.60. The van der Waals surface area contributed by atoms with Crippen molar-refractivity contribution in [1.29, 1.82) is 0 Å². The molecule has 1 aromatic rings. The Kier molecular flexibility index (Phi) is 3.49. The first kappa shape index (κ1) is 15.4. The quantitative estimate of drug-likeness (QED) is 0.759. The minimum absolute atomic E-state index is 0.00927. The molecule has 1 fully saturated rings. The van der Waals surface area contributed by atoms with Crippen molar-refractivity contribution in [2.24, 2.45) is 5.10 Å². The standard InChI is InChI=1S/C17H19N3O3S/c1-12-15(10-19-8-6-13-4-2-3-5-16(13)19)17(21)20(18-12)14-7-9-24(22,23)11-14/h2-5,10,14H,6-9,11H2,1H3. The van der Waals surface area contributed by atoms with Crippen molar-refractivity contribution in [1.82, 2.24) is 5.01 Å². The second-order valence-corrected chi connectivity index (χ2v) is 8.74. The summed E-state index contributed by atoms with van der Waals surface area (Å²) in [5, 5.41) is 5.71.